The highest BCUT2D eigenvalue weighted by molar-refractivity contribution is 6.30. The van der Waals surface area contributed by atoms with Crippen LogP contribution in [0, 0.1) is 0 Å². The van der Waals surface area contributed by atoms with Gasteiger partial charge in [-0.1, -0.05) is 12.1 Å². The average molecular weight is 441 g/mol. The molecule has 1 aliphatic heterocycles. The summed E-state index contributed by atoms with van der Waals surface area (Å²) in [4.78, 5) is 26.0. The van der Waals surface area contributed by atoms with Crippen LogP contribution in [-0.2, 0) is 16.0 Å². The van der Waals surface area contributed by atoms with Gasteiger partial charge in [0.15, 0.2) is 0 Å². The number of aliphatic hydroxyl groups is 1. The quantitative estimate of drug-likeness (QED) is 0.636. The molecular weight excluding hydrogens is 408 g/mol. The molecule has 8 heteroatoms. The summed E-state index contributed by atoms with van der Waals surface area (Å²) in [5, 5.41) is 12.8. The lowest BCUT2D eigenvalue weighted by atomic mass is 9.91. The molecule has 0 bridgehead atoms. The van der Waals surface area contributed by atoms with Crippen molar-refractivity contribution in [3.63, 3.8) is 0 Å². The zero-order valence-electron chi connectivity index (χ0n) is 18.2. The zero-order valence-corrected chi connectivity index (χ0v) is 19.0. The number of ether oxygens (including phenoxy) is 2. The minimum Gasteiger partial charge on any atom is -0.497 e. The van der Waals surface area contributed by atoms with E-state index in [0.29, 0.717) is 38.8 Å². The lowest BCUT2D eigenvalue weighted by Gasteiger charge is -2.38. The number of hydrogen-bond acceptors (Lipinski definition) is 5. The van der Waals surface area contributed by atoms with E-state index in [0.717, 1.165) is 11.3 Å². The Morgan fingerprint density at radius 2 is 1.83 bits per heavy atom. The summed E-state index contributed by atoms with van der Waals surface area (Å²) in [6.45, 7) is 6.32. The van der Waals surface area contributed by atoms with Crippen molar-refractivity contribution in [3.05, 3.63) is 29.8 Å². The van der Waals surface area contributed by atoms with Gasteiger partial charge in [-0.3, -0.25) is 4.79 Å². The Labute approximate surface area is 183 Å². The Hall–Kier alpha value is -1.99. The molecule has 0 aliphatic carbocycles. The highest BCUT2D eigenvalue weighted by atomic mass is 35.5. The van der Waals surface area contributed by atoms with E-state index in [1.807, 2.05) is 45.0 Å². The normalized spacial score (nSPS) is 17.2. The Morgan fingerprint density at radius 3 is 2.37 bits per heavy atom. The number of hydrogen-bond donors (Lipinski definition) is 2. The molecule has 0 aromatic heterocycles. The first kappa shape index (κ1) is 24.3. The summed E-state index contributed by atoms with van der Waals surface area (Å²) in [6.07, 6.45) is 1.51. The van der Waals surface area contributed by atoms with Crippen LogP contribution in [0.25, 0.3) is 0 Å². The topological polar surface area (TPSA) is 88.1 Å². The molecule has 1 aromatic rings. The molecule has 1 fully saturated rings. The van der Waals surface area contributed by atoms with Gasteiger partial charge in [-0.05, 0) is 64.2 Å². The molecule has 2 amide bonds. The molecule has 2 rings (SSSR count). The van der Waals surface area contributed by atoms with Crippen molar-refractivity contribution in [2.24, 2.45) is 0 Å². The van der Waals surface area contributed by atoms with E-state index in [2.05, 4.69) is 5.32 Å². The third kappa shape index (κ3) is 7.69. The van der Waals surface area contributed by atoms with Crippen molar-refractivity contribution in [2.75, 3.05) is 26.7 Å². The number of benzene rings is 1. The summed E-state index contributed by atoms with van der Waals surface area (Å²) in [6, 6.07) is 7.64. The summed E-state index contributed by atoms with van der Waals surface area (Å²) in [5.74, 6) is 0.484. The molecule has 0 unspecified atom stereocenters. The van der Waals surface area contributed by atoms with Crippen LogP contribution in [0.4, 0.5) is 4.79 Å². The lowest BCUT2D eigenvalue weighted by Crippen LogP contribution is -2.53. The first-order valence-electron chi connectivity index (χ1n) is 10.3. The third-order valence-corrected chi connectivity index (χ3v) is 5.48. The number of nitrogens with zero attached hydrogens (tertiary/aromatic N) is 1. The van der Waals surface area contributed by atoms with Crippen LogP contribution >= 0.6 is 11.6 Å². The van der Waals surface area contributed by atoms with Gasteiger partial charge < -0.3 is 24.8 Å². The fraction of sp³-hybridized carbons (Fsp3) is 0.636. The maximum Gasteiger partial charge on any atom is 0.410 e. The van der Waals surface area contributed by atoms with Crippen molar-refractivity contribution >= 4 is 23.6 Å². The van der Waals surface area contributed by atoms with Crippen molar-refractivity contribution in [1.82, 2.24) is 10.2 Å². The summed E-state index contributed by atoms with van der Waals surface area (Å²) in [5.41, 5.74) is -0.539. The molecule has 1 aliphatic rings. The molecule has 30 heavy (non-hydrogen) atoms. The predicted molar refractivity (Wildman–Crippen MR) is 116 cm³/mol. The largest absolute Gasteiger partial charge is 0.497 e. The maximum atomic E-state index is 12.3. The van der Waals surface area contributed by atoms with Crippen LogP contribution in [0.15, 0.2) is 24.3 Å². The number of rotatable bonds is 7. The molecule has 2 N–H and O–H groups in total. The number of likely N-dealkylation sites (tertiary alicyclic amines) is 1. The minimum absolute atomic E-state index is 0.111. The van der Waals surface area contributed by atoms with Gasteiger partial charge in [0.25, 0.3) is 0 Å². The number of halogens is 1. The van der Waals surface area contributed by atoms with E-state index in [-0.39, 0.29) is 18.5 Å². The van der Waals surface area contributed by atoms with Gasteiger partial charge >= 0.3 is 6.09 Å². The number of methoxy groups -OCH3 is 1. The SMILES string of the molecule is COc1ccc(CC[C@H](Cl)C(=O)NCC2(O)CCN(C(=O)OC(C)(C)C)CC2)cc1. The standard InChI is InChI=1S/C22H33ClN2O5/c1-21(2,3)30-20(27)25-13-11-22(28,12-14-25)15-24-19(26)18(23)10-7-16-5-8-17(29-4)9-6-16/h5-6,8-9,18,28H,7,10-15H2,1-4H3,(H,24,26)/t18-/m0/s1. The smallest absolute Gasteiger partial charge is 0.410 e. The van der Waals surface area contributed by atoms with Crippen LogP contribution in [-0.4, -0.2) is 65.3 Å². The van der Waals surface area contributed by atoms with Crippen molar-refractivity contribution in [2.45, 2.75) is 63.0 Å². The molecule has 0 radical (unpaired) electrons. The number of amides is 2. The second kappa shape index (κ2) is 10.4. The van der Waals surface area contributed by atoms with Crippen LogP contribution in [0.2, 0.25) is 0 Å². The van der Waals surface area contributed by atoms with Gasteiger partial charge in [0.2, 0.25) is 5.91 Å². The number of carbonyl (C=O) groups is 2. The monoisotopic (exact) mass is 440 g/mol. The average Bonchev–Trinajstić information content (AvgIpc) is 2.70. The molecular formula is C22H33ClN2O5. The second-order valence-electron chi connectivity index (χ2n) is 8.76. The van der Waals surface area contributed by atoms with Gasteiger partial charge in [-0.2, -0.15) is 0 Å². The fourth-order valence-corrected chi connectivity index (χ4v) is 3.37. The van der Waals surface area contributed by atoms with E-state index >= 15 is 0 Å². The summed E-state index contributed by atoms with van der Waals surface area (Å²) < 4.78 is 10.5. The second-order valence-corrected chi connectivity index (χ2v) is 9.29. The van der Waals surface area contributed by atoms with Crippen molar-refractivity contribution < 1.29 is 24.2 Å². The molecule has 1 heterocycles. The van der Waals surface area contributed by atoms with Crippen molar-refractivity contribution in [3.8, 4) is 5.75 Å². The molecule has 0 spiro atoms. The molecule has 1 aromatic carbocycles. The van der Waals surface area contributed by atoms with Gasteiger partial charge in [-0.15, -0.1) is 11.6 Å². The number of nitrogens with one attached hydrogen (secondary N) is 1. The maximum absolute atomic E-state index is 12.3. The van der Waals surface area contributed by atoms with E-state index in [9.17, 15) is 14.7 Å². The Balaban J connectivity index is 1.73. The first-order chi connectivity index (χ1) is 14.0. The molecule has 1 saturated heterocycles. The number of alkyl halides is 1. The molecule has 168 valence electrons. The lowest BCUT2D eigenvalue weighted by molar-refractivity contribution is -0.122. The molecule has 0 saturated carbocycles. The van der Waals surface area contributed by atoms with Gasteiger partial charge in [0.1, 0.15) is 16.7 Å². The van der Waals surface area contributed by atoms with Crippen molar-refractivity contribution in [1.29, 1.82) is 0 Å². The summed E-state index contributed by atoms with van der Waals surface area (Å²) in [7, 11) is 1.61. The fourth-order valence-electron chi connectivity index (χ4n) is 3.19. The van der Waals surface area contributed by atoms with Gasteiger partial charge in [-0.25, -0.2) is 4.79 Å². The highest BCUT2D eigenvalue weighted by Crippen LogP contribution is 2.23. The molecule has 1 atom stereocenters. The Kier molecular flexibility index (Phi) is 8.38. The van der Waals surface area contributed by atoms with E-state index in [1.54, 1.807) is 12.0 Å². The van der Waals surface area contributed by atoms with E-state index in [4.69, 9.17) is 21.1 Å². The number of aryl methyl sites for hydroxylation is 1. The van der Waals surface area contributed by atoms with Gasteiger partial charge in [0, 0.05) is 19.6 Å². The minimum atomic E-state index is -1.05. The number of piperidine rings is 1. The van der Waals surface area contributed by atoms with Crippen LogP contribution < -0.4 is 10.1 Å². The van der Waals surface area contributed by atoms with E-state index in [1.165, 1.54) is 0 Å². The van der Waals surface area contributed by atoms with Crippen LogP contribution in [0.1, 0.15) is 45.6 Å². The Morgan fingerprint density at radius 1 is 1.23 bits per heavy atom. The third-order valence-electron chi connectivity index (χ3n) is 5.07. The zero-order chi connectivity index (χ0) is 22.4. The van der Waals surface area contributed by atoms with Gasteiger partial charge in [0.05, 0.1) is 12.7 Å². The van der Waals surface area contributed by atoms with Crippen LogP contribution in [0.5, 0.6) is 5.75 Å². The number of carbonyl (C=O) groups excluding carboxylic acids is 2. The Bertz CT molecular complexity index is 709. The highest BCUT2D eigenvalue weighted by Gasteiger charge is 2.36. The predicted octanol–water partition coefficient (Wildman–Crippen LogP) is 3.11. The first-order valence-corrected chi connectivity index (χ1v) is 10.7. The van der Waals surface area contributed by atoms with E-state index < -0.39 is 16.6 Å². The van der Waals surface area contributed by atoms with Crippen LogP contribution in [0.3, 0.4) is 0 Å². The summed E-state index contributed by atoms with van der Waals surface area (Å²) >= 11 is 6.24. The molecule has 7 nitrogen and oxygen atoms in total.